The Morgan fingerprint density at radius 2 is 1.82 bits per heavy atom. The molecule has 17 heavy (non-hydrogen) atoms. The highest BCUT2D eigenvalue weighted by molar-refractivity contribution is 5.20. The summed E-state index contributed by atoms with van der Waals surface area (Å²) in [7, 11) is 2.24. The van der Waals surface area contributed by atoms with Gasteiger partial charge in [0, 0.05) is 18.2 Å². The van der Waals surface area contributed by atoms with Crippen LogP contribution in [0.15, 0.2) is 4.52 Å². The summed E-state index contributed by atoms with van der Waals surface area (Å²) in [5, 5.41) is 4.03. The molecule has 1 aromatic rings. The fourth-order valence-electron chi connectivity index (χ4n) is 2.80. The van der Waals surface area contributed by atoms with Gasteiger partial charge in [0.25, 0.3) is 0 Å². The first-order valence-corrected chi connectivity index (χ1v) is 6.80. The third-order valence-corrected chi connectivity index (χ3v) is 4.04. The quantitative estimate of drug-likeness (QED) is 0.753. The second kappa shape index (κ2) is 5.67. The van der Waals surface area contributed by atoms with E-state index in [1.165, 1.54) is 44.1 Å². The predicted molar refractivity (Wildman–Crippen MR) is 68.9 cm³/mol. The van der Waals surface area contributed by atoms with Crippen LogP contribution in [-0.4, -0.2) is 23.1 Å². The first-order valence-electron chi connectivity index (χ1n) is 6.80. The molecule has 0 unspecified atom stereocenters. The summed E-state index contributed by atoms with van der Waals surface area (Å²) in [6.45, 7) is 5.02. The van der Waals surface area contributed by atoms with Crippen LogP contribution in [-0.2, 0) is 6.54 Å². The van der Waals surface area contributed by atoms with E-state index in [0.717, 1.165) is 24.0 Å². The van der Waals surface area contributed by atoms with Gasteiger partial charge in [-0.2, -0.15) is 0 Å². The molecule has 0 amide bonds. The Balaban J connectivity index is 1.98. The third-order valence-electron chi connectivity index (χ3n) is 4.04. The smallest absolute Gasteiger partial charge is 0.138 e. The standard InChI is InChI=1S/C14H24N2O/c1-11-14(12(2)17-15-11)10-16(3)13-8-6-4-5-7-9-13/h13H,4-10H2,1-3H3. The average Bonchev–Trinajstić information content (AvgIpc) is 2.59. The SMILES string of the molecule is Cc1noc(C)c1CN(C)C1CCCCCC1. The monoisotopic (exact) mass is 236 g/mol. The van der Waals surface area contributed by atoms with Crippen molar-refractivity contribution in [3.8, 4) is 0 Å². The van der Waals surface area contributed by atoms with Crippen LogP contribution >= 0.6 is 0 Å². The Morgan fingerprint density at radius 3 is 2.35 bits per heavy atom. The molecule has 0 aliphatic heterocycles. The highest BCUT2D eigenvalue weighted by Crippen LogP contribution is 2.23. The fraction of sp³-hybridized carbons (Fsp3) is 0.786. The van der Waals surface area contributed by atoms with Gasteiger partial charge in [0.15, 0.2) is 0 Å². The molecule has 0 bridgehead atoms. The lowest BCUT2D eigenvalue weighted by Gasteiger charge is -2.26. The molecular weight excluding hydrogens is 212 g/mol. The largest absolute Gasteiger partial charge is 0.361 e. The van der Waals surface area contributed by atoms with E-state index in [9.17, 15) is 0 Å². The highest BCUT2D eigenvalue weighted by atomic mass is 16.5. The molecule has 0 N–H and O–H groups in total. The van der Waals surface area contributed by atoms with E-state index < -0.39 is 0 Å². The Morgan fingerprint density at radius 1 is 1.18 bits per heavy atom. The zero-order valence-corrected chi connectivity index (χ0v) is 11.3. The molecule has 1 saturated carbocycles. The van der Waals surface area contributed by atoms with Crippen molar-refractivity contribution < 1.29 is 4.52 Å². The van der Waals surface area contributed by atoms with Crippen LogP contribution in [0.4, 0.5) is 0 Å². The van der Waals surface area contributed by atoms with Crippen molar-refractivity contribution in [1.29, 1.82) is 0 Å². The lowest BCUT2D eigenvalue weighted by Crippen LogP contribution is -2.31. The van der Waals surface area contributed by atoms with Crippen LogP contribution < -0.4 is 0 Å². The topological polar surface area (TPSA) is 29.3 Å². The summed E-state index contributed by atoms with van der Waals surface area (Å²) in [5.41, 5.74) is 2.32. The predicted octanol–water partition coefficient (Wildman–Crippen LogP) is 3.45. The van der Waals surface area contributed by atoms with Crippen molar-refractivity contribution in [2.75, 3.05) is 7.05 Å². The molecule has 1 aliphatic carbocycles. The first kappa shape index (κ1) is 12.6. The molecule has 0 aromatic carbocycles. The summed E-state index contributed by atoms with van der Waals surface area (Å²) < 4.78 is 5.23. The minimum absolute atomic E-state index is 0.742. The minimum atomic E-state index is 0.742. The number of nitrogens with zero attached hydrogens (tertiary/aromatic N) is 2. The van der Waals surface area contributed by atoms with E-state index >= 15 is 0 Å². The van der Waals surface area contributed by atoms with Crippen molar-refractivity contribution >= 4 is 0 Å². The van der Waals surface area contributed by atoms with Crippen LogP contribution in [0.2, 0.25) is 0 Å². The molecule has 0 radical (unpaired) electrons. The first-order chi connectivity index (χ1) is 8.18. The van der Waals surface area contributed by atoms with Gasteiger partial charge in [0.05, 0.1) is 5.69 Å². The van der Waals surface area contributed by atoms with Gasteiger partial charge in [0.1, 0.15) is 5.76 Å². The van der Waals surface area contributed by atoms with Gasteiger partial charge in [-0.3, -0.25) is 4.90 Å². The summed E-state index contributed by atoms with van der Waals surface area (Å²) in [5.74, 6) is 0.975. The number of hydrogen-bond donors (Lipinski definition) is 0. The van der Waals surface area contributed by atoms with Gasteiger partial charge in [-0.1, -0.05) is 30.8 Å². The summed E-state index contributed by atoms with van der Waals surface area (Å²) >= 11 is 0. The maximum Gasteiger partial charge on any atom is 0.138 e. The molecule has 0 atom stereocenters. The maximum atomic E-state index is 5.23. The van der Waals surface area contributed by atoms with Crippen LogP contribution in [0.5, 0.6) is 0 Å². The lowest BCUT2D eigenvalue weighted by atomic mass is 10.1. The van der Waals surface area contributed by atoms with E-state index in [1.807, 2.05) is 13.8 Å². The summed E-state index contributed by atoms with van der Waals surface area (Å²) in [4.78, 5) is 2.48. The van der Waals surface area contributed by atoms with Crippen molar-refractivity contribution in [3.63, 3.8) is 0 Å². The van der Waals surface area contributed by atoms with Crippen molar-refractivity contribution in [2.45, 2.75) is 65.0 Å². The summed E-state index contributed by atoms with van der Waals surface area (Å²) in [6.07, 6.45) is 8.29. The average molecular weight is 236 g/mol. The number of aryl methyl sites for hydroxylation is 2. The third kappa shape index (κ3) is 3.09. The van der Waals surface area contributed by atoms with Crippen LogP contribution in [0.25, 0.3) is 0 Å². The molecule has 0 saturated heterocycles. The van der Waals surface area contributed by atoms with E-state index in [-0.39, 0.29) is 0 Å². The van der Waals surface area contributed by atoms with E-state index in [4.69, 9.17) is 4.52 Å². The lowest BCUT2D eigenvalue weighted by molar-refractivity contribution is 0.211. The molecule has 2 rings (SSSR count). The van der Waals surface area contributed by atoms with Crippen LogP contribution in [0, 0.1) is 13.8 Å². The number of rotatable bonds is 3. The van der Waals surface area contributed by atoms with Crippen LogP contribution in [0.3, 0.4) is 0 Å². The molecule has 1 aromatic heterocycles. The molecule has 1 fully saturated rings. The summed E-state index contributed by atoms with van der Waals surface area (Å²) in [6, 6.07) is 0.742. The van der Waals surface area contributed by atoms with Gasteiger partial charge < -0.3 is 4.52 Å². The molecule has 3 heteroatoms. The van der Waals surface area contributed by atoms with Gasteiger partial charge >= 0.3 is 0 Å². The normalized spacial score (nSPS) is 18.6. The maximum absolute atomic E-state index is 5.23. The van der Waals surface area contributed by atoms with Crippen molar-refractivity contribution in [1.82, 2.24) is 10.1 Å². The minimum Gasteiger partial charge on any atom is -0.361 e. The molecule has 1 aliphatic rings. The Bertz CT molecular complexity index is 332. The van der Waals surface area contributed by atoms with Gasteiger partial charge in [-0.05, 0) is 33.7 Å². The Kier molecular flexibility index (Phi) is 4.21. The Hall–Kier alpha value is -0.830. The zero-order chi connectivity index (χ0) is 12.3. The van der Waals surface area contributed by atoms with E-state index in [0.29, 0.717) is 0 Å². The highest BCUT2D eigenvalue weighted by Gasteiger charge is 2.19. The van der Waals surface area contributed by atoms with Crippen molar-refractivity contribution in [2.24, 2.45) is 0 Å². The second-order valence-corrected chi connectivity index (χ2v) is 5.36. The molecule has 3 nitrogen and oxygen atoms in total. The number of aromatic nitrogens is 1. The van der Waals surface area contributed by atoms with Crippen LogP contribution in [0.1, 0.15) is 55.5 Å². The number of hydrogen-bond acceptors (Lipinski definition) is 3. The second-order valence-electron chi connectivity index (χ2n) is 5.36. The molecule has 0 spiro atoms. The van der Waals surface area contributed by atoms with Gasteiger partial charge in [-0.25, -0.2) is 0 Å². The van der Waals surface area contributed by atoms with Gasteiger partial charge in [-0.15, -0.1) is 0 Å². The fourth-order valence-corrected chi connectivity index (χ4v) is 2.80. The molecule has 1 heterocycles. The van der Waals surface area contributed by atoms with Gasteiger partial charge in [0.2, 0.25) is 0 Å². The zero-order valence-electron chi connectivity index (χ0n) is 11.3. The van der Waals surface area contributed by atoms with Crippen molar-refractivity contribution in [3.05, 3.63) is 17.0 Å². The Labute approximate surface area is 104 Å². The van der Waals surface area contributed by atoms with E-state index in [1.54, 1.807) is 0 Å². The molecular formula is C14H24N2O. The molecule has 96 valence electrons. The van der Waals surface area contributed by atoms with E-state index in [2.05, 4.69) is 17.1 Å².